The smallest absolute Gasteiger partial charge is 0.283 e. The molecule has 1 aromatic carbocycles. The molecule has 154 valence electrons. The first-order valence-corrected chi connectivity index (χ1v) is 9.45. The van der Waals surface area contributed by atoms with Crippen molar-refractivity contribution in [3.05, 3.63) is 82.1 Å². The molecule has 0 bridgehead atoms. The van der Waals surface area contributed by atoms with Crippen LogP contribution in [0.1, 0.15) is 16.1 Å². The molecule has 3 atom stereocenters. The zero-order valence-corrected chi connectivity index (χ0v) is 16.7. The van der Waals surface area contributed by atoms with Crippen molar-refractivity contribution in [3.8, 4) is 0 Å². The van der Waals surface area contributed by atoms with E-state index < -0.39 is 35.1 Å². The van der Waals surface area contributed by atoms with Crippen LogP contribution in [0.25, 0.3) is 0 Å². The topological polar surface area (TPSA) is 89.6 Å². The highest BCUT2D eigenvalue weighted by Crippen LogP contribution is 2.50. The molecule has 0 saturated carbocycles. The van der Waals surface area contributed by atoms with Gasteiger partial charge in [-0.05, 0) is 30.3 Å². The quantitative estimate of drug-likeness (QED) is 0.677. The molecular weight excluding hydrogens is 437 g/mol. The Labute approximate surface area is 180 Å². The molecule has 2 aromatic rings. The van der Waals surface area contributed by atoms with Gasteiger partial charge in [0.2, 0.25) is 0 Å². The van der Waals surface area contributed by atoms with E-state index in [0.29, 0.717) is 0 Å². The lowest BCUT2D eigenvalue weighted by Crippen LogP contribution is -2.51. The Kier molecular flexibility index (Phi) is 4.99. The Bertz CT molecular complexity index is 1140. The van der Waals surface area contributed by atoms with Gasteiger partial charge in [0.05, 0.1) is 16.0 Å². The Hall–Kier alpha value is -2.97. The molecule has 1 aliphatic heterocycles. The van der Waals surface area contributed by atoms with Crippen LogP contribution >= 0.6 is 23.2 Å². The van der Waals surface area contributed by atoms with Gasteiger partial charge in [-0.3, -0.25) is 4.79 Å². The minimum Gasteiger partial charge on any atom is -0.457 e. The van der Waals surface area contributed by atoms with Gasteiger partial charge >= 0.3 is 0 Å². The summed E-state index contributed by atoms with van der Waals surface area (Å²) < 4.78 is 34.9. The van der Waals surface area contributed by atoms with E-state index in [1.54, 1.807) is 12.2 Å². The molecular formula is C20H14Cl2F2N4O2. The van der Waals surface area contributed by atoms with E-state index in [1.807, 2.05) is 0 Å². The lowest BCUT2D eigenvalue weighted by molar-refractivity contribution is 0.0841. The maximum Gasteiger partial charge on any atom is 0.283 e. The van der Waals surface area contributed by atoms with Crippen LogP contribution in [0.15, 0.2) is 60.0 Å². The lowest BCUT2D eigenvalue weighted by atomic mass is 9.69. The summed E-state index contributed by atoms with van der Waals surface area (Å²) in [5, 5.41) is 2.87. The molecule has 0 radical (unpaired) electrons. The van der Waals surface area contributed by atoms with E-state index in [0.717, 1.165) is 6.07 Å². The molecule has 0 saturated heterocycles. The number of nitrogens with zero attached hydrogens (tertiary/aromatic N) is 2. The molecule has 1 aliphatic carbocycles. The molecule has 10 heteroatoms. The third-order valence-electron chi connectivity index (χ3n) is 4.96. The van der Waals surface area contributed by atoms with Gasteiger partial charge in [0, 0.05) is 17.4 Å². The third-order valence-corrected chi connectivity index (χ3v) is 5.45. The fourth-order valence-corrected chi connectivity index (χ4v) is 3.98. The number of hydrogen-bond acceptors (Lipinski definition) is 5. The van der Waals surface area contributed by atoms with Crippen LogP contribution in [0, 0.1) is 11.7 Å². The summed E-state index contributed by atoms with van der Waals surface area (Å²) in [6.45, 7) is 3.37. The number of anilines is 1. The van der Waals surface area contributed by atoms with Crippen molar-refractivity contribution >= 4 is 40.8 Å². The van der Waals surface area contributed by atoms with Gasteiger partial charge in [0.1, 0.15) is 23.4 Å². The zero-order valence-electron chi connectivity index (χ0n) is 15.2. The molecule has 1 aromatic heterocycles. The molecule has 0 unspecified atom stereocenters. The third kappa shape index (κ3) is 3.22. The van der Waals surface area contributed by atoms with E-state index in [9.17, 15) is 13.6 Å². The number of hydrogen-bond donors (Lipinski definition) is 2. The van der Waals surface area contributed by atoms with Crippen molar-refractivity contribution in [1.82, 2.24) is 4.98 Å². The molecule has 0 spiro atoms. The number of nitrogens with two attached hydrogens (primary N) is 1. The largest absolute Gasteiger partial charge is 0.457 e. The van der Waals surface area contributed by atoms with Crippen LogP contribution in [0.2, 0.25) is 10.0 Å². The maximum absolute atomic E-state index is 14.8. The molecule has 2 aliphatic rings. The van der Waals surface area contributed by atoms with Crippen molar-refractivity contribution in [2.75, 3.05) is 5.32 Å². The predicted octanol–water partition coefficient (Wildman–Crippen LogP) is 4.36. The number of amidine groups is 1. The van der Waals surface area contributed by atoms with Crippen LogP contribution in [0.5, 0.6) is 0 Å². The Morgan fingerprint density at radius 2 is 2.07 bits per heavy atom. The fraction of sp³-hybridized carbons (Fsp3) is 0.150. The SMILES string of the molecule is C=C(F)[C@]1(c2cc(NC(=O)c3ncc(Cl)cc3Cl)ccc2F)N=C(N)O[C@@H]2C=C[C@@H]21. The van der Waals surface area contributed by atoms with Gasteiger partial charge in [-0.1, -0.05) is 35.9 Å². The van der Waals surface area contributed by atoms with E-state index in [1.165, 1.54) is 24.4 Å². The molecule has 30 heavy (non-hydrogen) atoms. The van der Waals surface area contributed by atoms with Crippen LogP contribution < -0.4 is 11.1 Å². The van der Waals surface area contributed by atoms with Gasteiger partial charge in [-0.15, -0.1) is 0 Å². The molecule has 1 amide bonds. The average molecular weight is 451 g/mol. The number of carbonyl (C=O) groups is 1. The summed E-state index contributed by atoms with van der Waals surface area (Å²) in [5.41, 5.74) is 3.84. The minimum atomic E-state index is -1.82. The van der Waals surface area contributed by atoms with Crippen molar-refractivity contribution in [3.63, 3.8) is 0 Å². The van der Waals surface area contributed by atoms with Gasteiger partial charge < -0.3 is 15.8 Å². The number of amides is 1. The second-order valence-electron chi connectivity index (χ2n) is 6.75. The number of rotatable bonds is 4. The Morgan fingerprint density at radius 1 is 1.30 bits per heavy atom. The molecule has 0 fully saturated rings. The number of carbonyl (C=O) groups excluding carboxylic acids is 1. The monoisotopic (exact) mass is 450 g/mol. The summed E-state index contributed by atoms with van der Waals surface area (Å²) in [7, 11) is 0. The summed E-state index contributed by atoms with van der Waals surface area (Å²) >= 11 is 11.8. The standard InChI is InChI=1S/C20H14Cl2F2N4O2/c1-9(23)20(12-3-5-16(12)30-19(25)28-20)13-7-11(2-4-15(13)24)27-18(29)17-14(22)6-10(21)8-26-17/h2-8,12,16H,1H2,(H2,25,28)(H,27,29)/t12-,16+,20-/m0/s1. The second-order valence-corrected chi connectivity index (χ2v) is 7.59. The summed E-state index contributed by atoms with van der Waals surface area (Å²) in [4.78, 5) is 20.5. The Balaban J connectivity index is 1.74. The van der Waals surface area contributed by atoms with E-state index in [-0.39, 0.29) is 33.0 Å². The highest BCUT2D eigenvalue weighted by atomic mass is 35.5. The van der Waals surface area contributed by atoms with E-state index in [4.69, 9.17) is 33.7 Å². The number of halogens is 4. The van der Waals surface area contributed by atoms with Crippen molar-refractivity contribution in [1.29, 1.82) is 0 Å². The maximum atomic E-state index is 14.8. The Morgan fingerprint density at radius 3 is 2.70 bits per heavy atom. The van der Waals surface area contributed by atoms with Crippen LogP contribution in [-0.4, -0.2) is 23.0 Å². The van der Waals surface area contributed by atoms with Crippen molar-refractivity contribution < 1.29 is 18.3 Å². The molecule has 6 nitrogen and oxygen atoms in total. The van der Waals surface area contributed by atoms with Gasteiger partial charge in [-0.25, -0.2) is 18.8 Å². The molecule has 3 N–H and O–H groups in total. The first-order chi connectivity index (χ1) is 14.2. The number of aliphatic imine (C=N–C) groups is 1. The first-order valence-electron chi connectivity index (χ1n) is 8.70. The van der Waals surface area contributed by atoms with E-state index >= 15 is 0 Å². The van der Waals surface area contributed by atoms with Crippen molar-refractivity contribution in [2.45, 2.75) is 11.6 Å². The molecule has 2 heterocycles. The highest BCUT2D eigenvalue weighted by molar-refractivity contribution is 6.36. The van der Waals surface area contributed by atoms with Crippen molar-refractivity contribution in [2.24, 2.45) is 16.6 Å². The number of fused-ring (bicyclic) bond motifs is 1. The lowest BCUT2D eigenvalue weighted by Gasteiger charge is -2.45. The van der Waals surface area contributed by atoms with Gasteiger partial charge in [0.25, 0.3) is 11.9 Å². The second kappa shape index (κ2) is 7.37. The number of pyridine rings is 1. The van der Waals surface area contributed by atoms with E-state index in [2.05, 4.69) is 21.9 Å². The summed E-state index contributed by atoms with van der Waals surface area (Å²) in [5.74, 6) is -2.95. The fourth-order valence-electron chi connectivity index (χ4n) is 3.51. The zero-order chi connectivity index (χ0) is 21.6. The number of nitrogens with one attached hydrogen (secondary N) is 1. The van der Waals surface area contributed by atoms with Gasteiger partial charge in [0.15, 0.2) is 5.54 Å². The minimum absolute atomic E-state index is 0.0418. The normalized spacial score (nSPS) is 24.2. The highest BCUT2D eigenvalue weighted by Gasteiger charge is 2.54. The number of ether oxygens (including phenoxy) is 1. The molecule has 4 rings (SSSR count). The predicted molar refractivity (Wildman–Crippen MR) is 110 cm³/mol. The number of aromatic nitrogens is 1. The summed E-state index contributed by atoms with van der Waals surface area (Å²) in [6.07, 6.45) is 4.02. The average Bonchev–Trinajstić information content (AvgIpc) is 2.65. The number of benzene rings is 1. The first kappa shape index (κ1) is 20.3. The summed E-state index contributed by atoms with van der Waals surface area (Å²) in [6, 6.07) is 4.75. The van der Waals surface area contributed by atoms with Crippen LogP contribution in [-0.2, 0) is 10.3 Å². The van der Waals surface area contributed by atoms with Crippen LogP contribution in [0.4, 0.5) is 14.5 Å². The van der Waals surface area contributed by atoms with Gasteiger partial charge in [-0.2, -0.15) is 0 Å². The van der Waals surface area contributed by atoms with Crippen LogP contribution in [0.3, 0.4) is 0 Å².